The molecule has 51 heavy (non-hydrogen) atoms. The lowest BCUT2D eigenvalue weighted by molar-refractivity contribution is -0.137. The second-order valence-electron chi connectivity index (χ2n) is 13.4. The van der Waals surface area contributed by atoms with Crippen molar-refractivity contribution in [1.29, 1.82) is 0 Å². The van der Waals surface area contributed by atoms with Crippen molar-refractivity contribution in [2.24, 2.45) is 29.6 Å². The molecule has 14 heteroatoms. The fourth-order valence-electron chi connectivity index (χ4n) is 8.63. The predicted octanol–water partition coefficient (Wildman–Crippen LogP) is 6.86. The summed E-state index contributed by atoms with van der Waals surface area (Å²) in [5, 5.41) is 3.43. The van der Waals surface area contributed by atoms with E-state index in [-0.39, 0.29) is 52.0 Å². The Labute approximate surface area is 298 Å². The molecular formula is C37H32F3N3O6S2. The number of halogens is 3. The minimum absolute atomic E-state index is 0.0752. The number of imide groups is 1. The van der Waals surface area contributed by atoms with Crippen LogP contribution < -0.4 is 24.6 Å². The molecule has 1 saturated heterocycles. The lowest BCUT2D eigenvalue weighted by Crippen LogP contribution is -2.42. The van der Waals surface area contributed by atoms with E-state index in [1.165, 1.54) is 23.9 Å². The molecule has 7 atom stereocenters. The van der Waals surface area contributed by atoms with Crippen LogP contribution in [-0.4, -0.2) is 41.2 Å². The van der Waals surface area contributed by atoms with Gasteiger partial charge in [0.25, 0.3) is 5.91 Å². The molecule has 4 aliphatic rings. The van der Waals surface area contributed by atoms with Crippen molar-refractivity contribution in [3.8, 4) is 11.5 Å². The van der Waals surface area contributed by atoms with Crippen LogP contribution in [0.15, 0.2) is 76.6 Å². The Kier molecular flexibility index (Phi) is 8.29. The van der Waals surface area contributed by atoms with Crippen LogP contribution in [0.3, 0.4) is 0 Å². The zero-order valence-corrected chi connectivity index (χ0v) is 29.0. The highest BCUT2D eigenvalue weighted by atomic mass is 32.2. The molecule has 264 valence electrons. The number of benzene rings is 3. The minimum atomic E-state index is -4.63. The number of thioether (sulfide) groups is 1. The largest absolute Gasteiger partial charge is 0.490 e. The Bertz CT molecular complexity index is 2130. The fraction of sp³-hybridized carbons (Fsp3) is 0.351. The molecular weight excluding hydrogens is 704 g/mol. The molecule has 0 spiro atoms. The van der Waals surface area contributed by atoms with E-state index in [0.29, 0.717) is 30.2 Å². The number of amides is 3. The van der Waals surface area contributed by atoms with Gasteiger partial charge in [0, 0.05) is 21.7 Å². The Morgan fingerprint density at radius 2 is 1.73 bits per heavy atom. The molecule has 8 rings (SSSR count). The number of H-pyrrole nitrogens is 1. The Morgan fingerprint density at radius 1 is 0.961 bits per heavy atom. The number of nitrogens with zero attached hydrogens (tertiary/aromatic N) is 1. The molecule has 2 saturated carbocycles. The third-order valence-corrected chi connectivity index (χ3v) is 13.0. The Hall–Kier alpha value is -4.56. The lowest BCUT2D eigenvalue weighted by Gasteiger charge is -2.43. The summed E-state index contributed by atoms with van der Waals surface area (Å²) in [4.78, 5) is 57.9. The summed E-state index contributed by atoms with van der Waals surface area (Å²) in [6.07, 6.45) is -4.00. The molecule has 9 nitrogen and oxygen atoms in total. The topological polar surface area (TPSA) is 118 Å². The van der Waals surface area contributed by atoms with E-state index in [4.69, 9.17) is 9.47 Å². The summed E-state index contributed by atoms with van der Waals surface area (Å²) in [5.41, 5.74) is 1.49. The van der Waals surface area contributed by atoms with E-state index in [1.54, 1.807) is 12.1 Å². The zero-order chi connectivity index (χ0) is 35.8. The molecule has 3 aromatic carbocycles. The maximum atomic E-state index is 14.1. The van der Waals surface area contributed by atoms with Crippen LogP contribution in [0.1, 0.15) is 40.8 Å². The van der Waals surface area contributed by atoms with Crippen molar-refractivity contribution in [3.05, 3.63) is 98.0 Å². The fourth-order valence-corrected chi connectivity index (χ4v) is 11.5. The SMILES string of the molecule is CCOc1cc([C@@H]2c3sc(=O)[nH]c3S[C@@H]3[C@@H]4C[C@@H]([C@@H]5C(=O)N(c6cccc(C(F)(F)F)c6)C(=O)[C@@H]45)[C@H]23)ccc1OCC(=O)Nc1cccc(C)c1. The number of nitrogens with one attached hydrogen (secondary N) is 2. The average molecular weight is 736 g/mol. The number of hydrogen-bond donors (Lipinski definition) is 2. The van der Waals surface area contributed by atoms with Gasteiger partial charge < -0.3 is 19.8 Å². The average Bonchev–Trinajstić information content (AvgIpc) is 3.82. The quantitative estimate of drug-likeness (QED) is 0.190. The van der Waals surface area contributed by atoms with Gasteiger partial charge >= 0.3 is 11.0 Å². The molecule has 3 fully saturated rings. The highest BCUT2D eigenvalue weighted by Crippen LogP contribution is 2.69. The monoisotopic (exact) mass is 735 g/mol. The highest BCUT2D eigenvalue weighted by molar-refractivity contribution is 8.00. The summed E-state index contributed by atoms with van der Waals surface area (Å²) in [5.74, 6) is -2.75. The van der Waals surface area contributed by atoms with Gasteiger partial charge in [-0.15, -0.1) is 11.8 Å². The van der Waals surface area contributed by atoms with Gasteiger partial charge in [0.2, 0.25) is 11.8 Å². The van der Waals surface area contributed by atoms with E-state index < -0.39 is 35.4 Å². The maximum Gasteiger partial charge on any atom is 0.416 e. The van der Waals surface area contributed by atoms with Gasteiger partial charge in [-0.2, -0.15) is 13.2 Å². The van der Waals surface area contributed by atoms with Crippen molar-refractivity contribution in [1.82, 2.24) is 4.98 Å². The maximum absolute atomic E-state index is 14.1. The third kappa shape index (κ3) is 5.72. The number of aryl methyl sites for hydroxylation is 1. The van der Waals surface area contributed by atoms with Crippen LogP contribution in [0, 0.1) is 36.5 Å². The van der Waals surface area contributed by atoms with Crippen molar-refractivity contribution in [3.63, 3.8) is 0 Å². The van der Waals surface area contributed by atoms with Gasteiger partial charge in [-0.1, -0.05) is 35.6 Å². The number of aromatic amines is 1. The molecule has 0 unspecified atom stereocenters. The standard InChI is InChI=1S/C37H32F3N3O6S2/c1-3-48-25-13-18(10-11-24(25)49-16-26(44)41-20-8-4-6-17(2)12-20)27-28-22-15-23(31(28)50-33-32(27)51-36(47)42-33)30-29(22)34(45)43(35(30)46)21-9-5-7-19(14-21)37(38,39)40/h4-14,22-23,27-31H,3,15-16H2,1-2H3,(H,41,44)(H,42,47)/t22-,23-,27+,28-,29+,30+,31-/m1/s1. The van der Waals surface area contributed by atoms with E-state index >= 15 is 0 Å². The van der Waals surface area contributed by atoms with Gasteiger partial charge in [-0.3, -0.25) is 24.1 Å². The number of hydrogen-bond acceptors (Lipinski definition) is 8. The number of ether oxygens (including phenoxy) is 2. The first-order valence-corrected chi connectivity index (χ1v) is 18.3. The van der Waals surface area contributed by atoms with Crippen LogP contribution >= 0.6 is 23.1 Å². The number of aromatic nitrogens is 1. The van der Waals surface area contributed by atoms with Gasteiger partial charge in [0.15, 0.2) is 18.1 Å². The number of thiazole rings is 1. The van der Waals surface area contributed by atoms with Crippen molar-refractivity contribution in [2.75, 3.05) is 23.4 Å². The van der Waals surface area contributed by atoms with Crippen LogP contribution in [-0.2, 0) is 20.6 Å². The highest BCUT2D eigenvalue weighted by Gasteiger charge is 2.69. The predicted molar refractivity (Wildman–Crippen MR) is 185 cm³/mol. The van der Waals surface area contributed by atoms with E-state index in [9.17, 15) is 32.3 Å². The molecule has 2 bridgehead atoms. The second-order valence-corrected chi connectivity index (χ2v) is 15.6. The molecule has 1 aromatic heterocycles. The molecule has 2 aliphatic carbocycles. The molecule has 3 heterocycles. The number of rotatable bonds is 8. The van der Waals surface area contributed by atoms with Crippen LogP contribution in [0.5, 0.6) is 11.5 Å². The summed E-state index contributed by atoms with van der Waals surface area (Å²) in [7, 11) is 0. The summed E-state index contributed by atoms with van der Waals surface area (Å²) in [6, 6.07) is 17.2. The normalized spacial score (nSPS) is 26.1. The number of alkyl halides is 3. The van der Waals surface area contributed by atoms with Crippen molar-refractivity contribution >= 4 is 52.2 Å². The van der Waals surface area contributed by atoms with E-state index in [0.717, 1.165) is 49.4 Å². The van der Waals surface area contributed by atoms with Gasteiger partial charge in [0.05, 0.1) is 34.7 Å². The van der Waals surface area contributed by atoms with Gasteiger partial charge in [-0.05, 0) is 91.6 Å². The van der Waals surface area contributed by atoms with Gasteiger partial charge in [0.1, 0.15) is 0 Å². The van der Waals surface area contributed by atoms with Gasteiger partial charge in [-0.25, -0.2) is 0 Å². The molecule has 2 N–H and O–H groups in total. The van der Waals surface area contributed by atoms with Crippen LogP contribution in [0.2, 0.25) is 0 Å². The van der Waals surface area contributed by atoms with E-state index in [1.807, 2.05) is 44.2 Å². The minimum Gasteiger partial charge on any atom is -0.490 e. The first kappa shape index (κ1) is 33.6. The van der Waals surface area contributed by atoms with Crippen molar-refractivity contribution in [2.45, 2.75) is 42.6 Å². The van der Waals surface area contributed by atoms with Crippen LogP contribution in [0.25, 0.3) is 0 Å². The second kappa shape index (κ2) is 12.6. The van der Waals surface area contributed by atoms with Crippen LogP contribution in [0.4, 0.5) is 24.5 Å². The number of carbonyl (C=O) groups excluding carboxylic acids is 3. The first-order valence-electron chi connectivity index (χ1n) is 16.6. The molecule has 3 amide bonds. The Balaban J connectivity index is 1.10. The Morgan fingerprint density at radius 3 is 2.47 bits per heavy atom. The zero-order valence-electron chi connectivity index (χ0n) is 27.4. The molecule has 0 radical (unpaired) electrons. The number of carbonyl (C=O) groups is 3. The van der Waals surface area contributed by atoms with E-state index in [2.05, 4.69) is 10.3 Å². The molecule has 4 aromatic rings. The summed E-state index contributed by atoms with van der Waals surface area (Å²) < 4.78 is 52.6. The smallest absolute Gasteiger partial charge is 0.416 e. The number of anilines is 2. The summed E-state index contributed by atoms with van der Waals surface area (Å²) >= 11 is 2.63. The molecule has 2 aliphatic heterocycles. The van der Waals surface area contributed by atoms with Crippen molar-refractivity contribution < 1.29 is 37.0 Å². The summed E-state index contributed by atoms with van der Waals surface area (Å²) in [6.45, 7) is 3.83. The lowest BCUT2D eigenvalue weighted by atomic mass is 9.68. The third-order valence-electron chi connectivity index (χ3n) is 10.4. The first-order chi connectivity index (χ1) is 24.4. The number of fused-ring (bicyclic) bond motifs is 9.